The number of carbonyl (C=O) groups is 2. The molecule has 5 heteroatoms. The molecule has 0 aliphatic carbocycles. The molecule has 0 aromatic heterocycles. The molecule has 2 N–H and O–H groups in total. The molecule has 1 rings (SSSR count). The van der Waals surface area contributed by atoms with Crippen LogP contribution in [-0.4, -0.2) is 41.6 Å². The molecule has 0 aromatic rings. The first-order valence-electron chi connectivity index (χ1n) is 7.31. The van der Waals surface area contributed by atoms with Gasteiger partial charge >= 0.3 is 12.0 Å². The van der Waals surface area contributed by atoms with E-state index in [0.29, 0.717) is 6.54 Å². The van der Waals surface area contributed by atoms with E-state index in [2.05, 4.69) is 12.2 Å². The lowest BCUT2D eigenvalue weighted by Crippen LogP contribution is -2.45. The largest absolute Gasteiger partial charge is 0.481 e. The van der Waals surface area contributed by atoms with Crippen LogP contribution in [0.2, 0.25) is 0 Å². The van der Waals surface area contributed by atoms with Crippen molar-refractivity contribution in [2.24, 2.45) is 11.8 Å². The summed E-state index contributed by atoms with van der Waals surface area (Å²) >= 11 is 0. The number of hydrogen-bond acceptors (Lipinski definition) is 2. The van der Waals surface area contributed by atoms with E-state index in [4.69, 9.17) is 5.11 Å². The number of nitrogens with one attached hydrogen (secondary N) is 1. The van der Waals surface area contributed by atoms with Crippen LogP contribution in [0, 0.1) is 11.8 Å². The van der Waals surface area contributed by atoms with Crippen molar-refractivity contribution in [2.75, 3.05) is 19.6 Å². The Morgan fingerprint density at radius 3 is 2.42 bits per heavy atom. The molecule has 1 aliphatic heterocycles. The minimum Gasteiger partial charge on any atom is -0.481 e. The van der Waals surface area contributed by atoms with Crippen molar-refractivity contribution in [3.63, 3.8) is 0 Å². The van der Waals surface area contributed by atoms with Gasteiger partial charge in [0.15, 0.2) is 0 Å². The average Bonchev–Trinajstić information content (AvgIpc) is 2.42. The molecular formula is C14H26N2O3. The second kappa shape index (κ2) is 8.02. The van der Waals surface area contributed by atoms with Crippen molar-refractivity contribution in [1.29, 1.82) is 0 Å². The summed E-state index contributed by atoms with van der Waals surface area (Å²) in [6.45, 7) is 6.24. The highest BCUT2D eigenvalue weighted by Crippen LogP contribution is 2.19. The third-order valence-electron chi connectivity index (χ3n) is 4.06. The van der Waals surface area contributed by atoms with E-state index in [-0.39, 0.29) is 18.4 Å². The summed E-state index contributed by atoms with van der Waals surface area (Å²) in [4.78, 5) is 24.5. The third kappa shape index (κ3) is 5.49. The van der Waals surface area contributed by atoms with Crippen LogP contribution < -0.4 is 5.32 Å². The van der Waals surface area contributed by atoms with Crippen LogP contribution in [0.25, 0.3) is 0 Å². The van der Waals surface area contributed by atoms with Crippen LogP contribution in [0.15, 0.2) is 0 Å². The van der Waals surface area contributed by atoms with Crippen molar-refractivity contribution in [1.82, 2.24) is 10.2 Å². The number of carbonyl (C=O) groups excluding carboxylic acids is 1. The number of carboxylic acids is 1. The summed E-state index contributed by atoms with van der Waals surface area (Å²) in [7, 11) is 0. The molecule has 5 nitrogen and oxygen atoms in total. The first-order chi connectivity index (χ1) is 9.06. The van der Waals surface area contributed by atoms with Crippen LogP contribution >= 0.6 is 0 Å². The molecule has 2 amide bonds. The van der Waals surface area contributed by atoms with Gasteiger partial charge in [-0.25, -0.2) is 4.79 Å². The molecule has 1 aliphatic rings. The minimum atomic E-state index is -0.801. The van der Waals surface area contributed by atoms with E-state index in [1.807, 2.05) is 11.8 Å². The Morgan fingerprint density at radius 2 is 1.95 bits per heavy atom. The molecule has 110 valence electrons. The molecule has 1 saturated heterocycles. The average molecular weight is 270 g/mol. The van der Waals surface area contributed by atoms with Crippen LogP contribution in [0.5, 0.6) is 0 Å². The number of nitrogens with zero attached hydrogens (tertiary/aromatic N) is 1. The van der Waals surface area contributed by atoms with Gasteiger partial charge in [0.1, 0.15) is 0 Å². The maximum Gasteiger partial charge on any atom is 0.317 e. The Kier molecular flexibility index (Phi) is 6.67. The molecule has 19 heavy (non-hydrogen) atoms. The summed E-state index contributed by atoms with van der Waals surface area (Å²) in [5, 5.41) is 11.6. The zero-order chi connectivity index (χ0) is 14.3. The molecule has 1 unspecified atom stereocenters. The van der Waals surface area contributed by atoms with Gasteiger partial charge in [-0.2, -0.15) is 0 Å². The first kappa shape index (κ1) is 15.8. The Morgan fingerprint density at radius 1 is 1.32 bits per heavy atom. The molecule has 0 bridgehead atoms. The van der Waals surface area contributed by atoms with Crippen LogP contribution in [-0.2, 0) is 4.79 Å². The molecule has 0 saturated carbocycles. The van der Waals surface area contributed by atoms with Gasteiger partial charge in [0.2, 0.25) is 0 Å². The quantitative estimate of drug-likeness (QED) is 0.778. The van der Waals surface area contributed by atoms with Gasteiger partial charge in [-0.15, -0.1) is 0 Å². The number of amides is 2. The standard InChI is InChI=1S/C14H26N2O3/c1-3-11-5-7-16(8-6-11)14(19)15-10-12(4-2)9-13(17)18/h11-12H,3-10H2,1-2H3,(H,15,19)(H,17,18). The maximum absolute atomic E-state index is 12.0. The normalized spacial score (nSPS) is 18.1. The van der Waals surface area contributed by atoms with E-state index < -0.39 is 5.97 Å². The second-order valence-electron chi connectivity index (χ2n) is 5.40. The highest BCUT2D eigenvalue weighted by molar-refractivity contribution is 5.74. The van der Waals surface area contributed by atoms with E-state index in [0.717, 1.165) is 38.3 Å². The SMILES string of the molecule is CCC1CCN(C(=O)NCC(CC)CC(=O)O)CC1. The molecule has 0 aromatic carbocycles. The van der Waals surface area contributed by atoms with Crippen molar-refractivity contribution >= 4 is 12.0 Å². The summed E-state index contributed by atoms with van der Waals surface area (Å²) < 4.78 is 0. The Balaban J connectivity index is 2.29. The third-order valence-corrected chi connectivity index (χ3v) is 4.06. The fourth-order valence-corrected chi connectivity index (χ4v) is 2.50. The molecule has 0 radical (unpaired) electrons. The van der Waals surface area contributed by atoms with Crippen LogP contribution in [0.3, 0.4) is 0 Å². The topological polar surface area (TPSA) is 69.6 Å². The van der Waals surface area contributed by atoms with Gasteiger partial charge in [0, 0.05) is 26.1 Å². The highest BCUT2D eigenvalue weighted by Gasteiger charge is 2.22. The summed E-state index contributed by atoms with van der Waals surface area (Å²) in [6.07, 6.45) is 4.23. The van der Waals surface area contributed by atoms with Gasteiger partial charge in [0.25, 0.3) is 0 Å². The fraction of sp³-hybridized carbons (Fsp3) is 0.857. The Hall–Kier alpha value is -1.26. The van der Waals surface area contributed by atoms with Crippen LogP contribution in [0.4, 0.5) is 4.79 Å². The zero-order valence-electron chi connectivity index (χ0n) is 12.0. The minimum absolute atomic E-state index is 0.0228. The Bertz CT molecular complexity index is 299. The van der Waals surface area contributed by atoms with E-state index in [1.165, 1.54) is 6.42 Å². The van der Waals surface area contributed by atoms with E-state index in [1.54, 1.807) is 0 Å². The van der Waals surface area contributed by atoms with Gasteiger partial charge < -0.3 is 15.3 Å². The molecule has 1 heterocycles. The number of rotatable bonds is 6. The predicted octanol–water partition coefficient (Wildman–Crippen LogP) is 2.32. The summed E-state index contributed by atoms with van der Waals surface area (Å²) in [6, 6.07) is -0.0432. The van der Waals surface area contributed by atoms with E-state index >= 15 is 0 Å². The summed E-state index contributed by atoms with van der Waals surface area (Å²) in [5.74, 6) is -0.0288. The highest BCUT2D eigenvalue weighted by atomic mass is 16.4. The number of urea groups is 1. The van der Waals surface area contributed by atoms with Crippen molar-refractivity contribution in [3.8, 4) is 0 Å². The Labute approximate surface area is 115 Å². The van der Waals surface area contributed by atoms with Gasteiger partial charge in [-0.1, -0.05) is 26.7 Å². The predicted molar refractivity (Wildman–Crippen MR) is 74.0 cm³/mol. The van der Waals surface area contributed by atoms with Crippen molar-refractivity contribution in [3.05, 3.63) is 0 Å². The molecule has 1 fully saturated rings. The zero-order valence-corrected chi connectivity index (χ0v) is 12.0. The fourth-order valence-electron chi connectivity index (χ4n) is 2.50. The van der Waals surface area contributed by atoms with Gasteiger partial charge in [-0.05, 0) is 24.7 Å². The van der Waals surface area contributed by atoms with Gasteiger partial charge in [0.05, 0.1) is 0 Å². The number of likely N-dealkylation sites (tertiary alicyclic amines) is 1. The smallest absolute Gasteiger partial charge is 0.317 e. The number of carboxylic acid groups (broad SMARTS) is 1. The summed E-state index contributed by atoms with van der Waals surface area (Å²) in [5.41, 5.74) is 0. The monoisotopic (exact) mass is 270 g/mol. The lowest BCUT2D eigenvalue weighted by molar-refractivity contribution is -0.138. The second-order valence-corrected chi connectivity index (χ2v) is 5.40. The van der Waals surface area contributed by atoms with Gasteiger partial charge in [-0.3, -0.25) is 4.79 Å². The van der Waals surface area contributed by atoms with Crippen LogP contribution in [0.1, 0.15) is 46.0 Å². The van der Waals surface area contributed by atoms with Crippen molar-refractivity contribution < 1.29 is 14.7 Å². The molecule has 0 spiro atoms. The molecule has 1 atom stereocenters. The molecular weight excluding hydrogens is 244 g/mol. The lowest BCUT2D eigenvalue weighted by Gasteiger charge is -2.31. The number of aliphatic carboxylic acids is 1. The number of hydrogen-bond donors (Lipinski definition) is 2. The first-order valence-corrected chi connectivity index (χ1v) is 7.31. The maximum atomic E-state index is 12.0. The number of piperidine rings is 1. The van der Waals surface area contributed by atoms with E-state index in [9.17, 15) is 9.59 Å². The van der Waals surface area contributed by atoms with Crippen molar-refractivity contribution in [2.45, 2.75) is 46.0 Å². The lowest BCUT2D eigenvalue weighted by atomic mass is 9.95.